The maximum atomic E-state index is 13.9. The molecule has 0 atom stereocenters. The molecule has 106 valence electrons. The van der Waals surface area contributed by atoms with Gasteiger partial charge in [-0.15, -0.1) is 0 Å². The molecule has 0 fully saturated rings. The fourth-order valence-corrected chi connectivity index (χ4v) is 1.86. The van der Waals surface area contributed by atoms with Gasteiger partial charge in [0.15, 0.2) is 5.82 Å². The number of nitrogens with one attached hydrogen (secondary N) is 1. The first kappa shape index (κ1) is 14.3. The summed E-state index contributed by atoms with van der Waals surface area (Å²) in [4.78, 5) is 0. The molecule has 0 heterocycles. The maximum absolute atomic E-state index is 13.9. The van der Waals surface area contributed by atoms with Crippen molar-refractivity contribution < 1.29 is 13.2 Å². The lowest BCUT2D eigenvalue weighted by molar-refractivity contribution is 0.587. The van der Waals surface area contributed by atoms with E-state index < -0.39 is 17.5 Å². The van der Waals surface area contributed by atoms with Crippen molar-refractivity contribution in [1.29, 1.82) is 0 Å². The molecule has 5 N–H and O–H groups in total. The molecule has 0 spiro atoms. The van der Waals surface area contributed by atoms with Crippen molar-refractivity contribution >= 4 is 28.7 Å². The van der Waals surface area contributed by atoms with Crippen LogP contribution in [-0.4, -0.2) is 0 Å². The van der Waals surface area contributed by atoms with Crippen LogP contribution in [0.2, 0.25) is 5.02 Å². The Morgan fingerprint density at radius 2 is 1.75 bits per heavy atom. The highest BCUT2D eigenvalue weighted by Crippen LogP contribution is 2.34. The van der Waals surface area contributed by atoms with Gasteiger partial charge in [-0.2, -0.15) is 0 Å². The molecule has 0 aliphatic rings. The highest BCUT2D eigenvalue weighted by atomic mass is 35.5. The zero-order valence-electron chi connectivity index (χ0n) is 10.2. The summed E-state index contributed by atoms with van der Waals surface area (Å²) in [6.07, 6.45) is 0. The third kappa shape index (κ3) is 2.75. The van der Waals surface area contributed by atoms with E-state index in [1.807, 2.05) is 0 Å². The van der Waals surface area contributed by atoms with Crippen LogP contribution in [0, 0.1) is 17.5 Å². The Balaban J connectivity index is 2.28. The molecular formula is C13H11ClF3N3. The number of nitrogens with two attached hydrogens (primary N) is 2. The van der Waals surface area contributed by atoms with Crippen LogP contribution in [0.25, 0.3) is 0 Å². The molecular weight excluding hydrogens is 291 g/mol. The second-order valence-corrected chi connectivity index (χ2v) is 4.53. The summed E-state index contributed by atoms with van der Waals surface area (Å²) in [6, 6.07) is 4.28. The van der Waals surface area contributed by atoms with Crippen molar-refractivity contribution in [2.75, 3.05) is 16.8 Å². The average molecular weight is 302 g/mol. The van der Waals surface area contributed by atoms with Gasteiger partial charge in [0.05, 0.1) is 17.1 Å². The lowest BCUT2D eigenvalue weighted by Crippen LogP contribution is -2.08. The van der Waals surface area contributed by atoms with E-state index >= 15 is 0 Å². The lowest BCUT2D eigenvalue weighted by atomic mass is 10.2. The summed E-state index contributed by atoms with van der Waals surface area (Å²) < 4.78 is 40.3. The SMILES string of the molecule is Nc1cc(N)c(NCc2cc(F)ccc2F)c(F)c1Cl. The number of anilines is 3. The Morgan fingerprint density at radius 1 is 1.05 bits per heavy atom. The Labute approximate surface area is 118 Å². The number of halogens is 4. The van der Waals surface area contributed by atoms with Crippen molar-refractivity contribution in [2.45, 2.75) is 6.54 Å². The van der Waals surface area contributed by atoms with E-state index in [9.17, 15) is 13.2 Å². The minimum atomic E-state index is -0.832. The molecule has 0 radical (unpaired) electrons. The molecule has 0 unspecified atom stereocenters. The Kier molecular flexibility index (Phi) is 3.94. The maximum Gasteiger partial charge on any atom is 0.169 e. The predicted octanol–water partition coefficient (Wildman–Crippen LogP) is 3.53. The van der Waals surface area contributed by atoms with Crippen molar-refractivity contribution in [3.05, 3.63) is 52.3 Å². The average Bonchev–Trinajstić information content (AvgIpc) is 2.40. The summed E-state index contributed by atoms with van der Waals surface area (Å²) >= 11 is 5.66. The van der Waals surface area contributed by atoms with Gasteiger partial charge in [-0.05, 0) is 24.3 Å². The summed E-state index contributed by atoms with van der Waals surface area (Å²) in [5.41, 5.74) is 11.0. The van der Waals surface area contributed by atoms with Crippen molar-refractivity contribution in [3.8, 4) is 0 Å². The predicted molar refractivity (Wildman–Crippen MR) is 73.9 cm³/mol. The molecule has 0 bridgehead atoms. The molecule has 20 heavy (non-hydrogen) atoms. The van der Waals surface area contributed by atoms with Gasteiger partial charge in [-0.3, -0.25) is 0 Å². The summed E-state index contributed by atoms with van der Waals surface area (Å²) in [5, 5.41) is 2.31. The van der Waals surface area contributed by atoms with E-state index in [0.717, 1.165) is 18.2 Å². The van der Waals surface area contributed by atoms with Gasteiger partial charge in [-0.25, -0.2) is 13.2 Å². The quantitative estimate of drug-likeness (QED) is 0.760. The Hall–Kier alpha value is -2.08. The van der Waals surface area contributed by atoms with E-state index in [2.05, 4.69) is 5.32 Å². The van der Waals surface area contributed by atoms with E-state index in [-0.39, 0.29) is 34.2 Å². The second-order valence-electron chi connectivity index (χ2n) is 4.15. The van der Waals surface area contributed by atoms with Crippen molar-refractivity contribution in [2.24, 2.45) is 0 Å². The van der Waals surface area contributed by atoms with Crippen molar-refractivity contribution in [1.82, 2.24) is 0 Å². The molecule has 0 amide bonds. The van der Waals surface area contributed by atoms with Crippen LogP contribution in [0.5, 0.6) is 0 Å². The highest BCUT2D eigenvalue weighted by Gasteiger charge is 2.14. The smallest absolute Gasteiger partial charge is 0.169 e. The van der Waals surface area contributed by atoms with Gasteiger partial charge < -0.3 is 16.8 Å². The first-order valence-electron chi connectivity index (χ1n) is 5.61. The standard InChI is InChI=1S/C13H11ClF3N3/c14-11-9(18)4-10(19)13(12(11)17)20-5-6-3-7(15)1-2-8(6)16/h1-4,20H,5,18-19H2. The largest absolute Gasteiger partial charge is 0.397 e. The van der Waals surface area contributed by atoms with Gasteiger partial charge in [0, 0.05) is 12.1 Å². The molecule has 2 aromatic rings. The summed E-state index contributed by atoms with van der Waals surface area (Å²) in [5.74, 6) is -2.03. The lowest BCUT2D eigenvalue weighted by Gasteiger charge is -2.13. The molecule has 0 aliphatic carbocycles. The number of hydrogen-bond acceptors (Lipinski definition) is 3. The van der Waals surface area contributed by atoms with Gasteiger partial charge in [0.2, 0.25) is 0 Å². The number of rotatable bonds is 3. The summed E-state index contributed by atoms with van der Waals surface area (Å²) in [7, 11) is 0. The van der Waals surface area contributed by atoms with E-state index in [1.165, 1.54) is 6.07 Å². The monoisotopic (exact) mass is 301 g/mol. The van der Waals surface area contributed by atoms with E-state index in [1.54, 1.807) is 0 Å². The first-order valence-corrected chi connectivity index (χ1v) is 5.98. The van der Waals surface area contributed by atoms with E-state index in [0.29, 0.717) is 0 Å². The Morgan fingerprint density at radius 3 is 2.45 bits per heavy atom. The minimum absolute atomic E-state index is 0.00385. The molecule has 7 heteroatoms. The van der Waals surface area contributed by atoms with Gasteiger partial charge in [0.1, 0.15) is 16.7 Å². The van der Waals surface area contributed by atoms with Crippen LogP contribution in [0.15, 0.2) is 24.3 Å². The zero-order chi connectivity index (χ0) is 14.9. The van der Waals surface area contributed by atoms with Crippen molar-refractivity contribution in [3.63, 3.8) is 0 Å². The minimum Gasteiger partial charge on any atom is -0.397 e. The second kappa shape index (κ2) is 5.50. The van der Waals surface area contributed by atoms with Crippen LogP contribution in [0.1, 0.15) is 5.56 Å². The zero-order valence-corrected chi connectivity index (χ0v) is 10.9. The van der Waals surface area contributed by atoms with Crippen LogP contribution >= 0.6 is 11.6 Å². The van der Waals surface area contributed by atoms with Gasteiger partial charge in [-0.1, -0.05) is 11.6 Å². The summed E-state index contributed by atoms with van der Waals surface area (Å²) in [6.45, 7) is -0.148. The van der Waals surface area contributed by atoms with Crippen LogP contribution in [-0.2, 0) is 6.54 Å². The molecule has 0 saturated carbocycles. The first-order chi connectivity index (χ1) is 9.40. The number of hydrogen-bond donors (Lipinski definition) is 3. The Bertz CT molecular complexity index is 662. The third-order valence-electron chi connectivity index (χ3n) is 2.73. The molecule has 0 aliphatic heterocycles. The molecule has 0 saturated heterocycles. The third-order valence-corrected chi connectivity index (χ3v) is 3.11. The number of nitrogen functional groups attached to an aromatic ring is 2. The van der Waals surface area contributed by atoms with Gasteiger partial charge >= 0.3 is 0 Å². The molecule has 2 rings (SSSR count). The number of benzene rings is 2. The van der Waals surface area contributed by atoms with E-state index in [4.69, 9.17) is 23.1 Å². The fraction of sp³-hybridized carbons (Fsp3) is 0.0769. The fourth-order valence-electron chi connectivity index (χ4n) is 1.71. The molecule has 3 nitrogen and oxygen atoms in total. The normalized spacial score (nSPS) is 10.6. The topological polar surface area (TPSA) is 64.1 Å². The van der Waals surface area contributed by atoms with Crippen LogP contribution < -0.4 is 16.8 Å². The van der Waals surface area contributed by atoms with Gasteiger partial charge in [0.25, 0.3) is 0 Å². The van der Waals surface area contributed by atoms with Crippen LogP contribution in [0.3, 0.4) is 0 Å². The molecule has 2 aromatic carbocycles. The highest BCUT2D eigenvalue weighted by molar-refractivity contribution is 6.33. The van der Waals surface area contributed by atoms with Crippen LogP contribution in [0.4, 0.5) is 30.2 Å². The molecule has 0 aromatic heterocycles.